The Morgan fingerprint density at radius 1 is 1.37 bits per heavy atom. The van der Waals surface area contributed by atoms with Crippen molar-refractivity contribution < 1.29 is 0 Å². The quantitative estimate of drug-likeness (QED) is 0.774. The van der Waals surface area contributed by atoms with Crippen LogP contribution in [0.2, 0.25) is 5.02 Å². The molecule has 0 amide bonds. The molecule has 106 valence electrons. The molecule has 0 aliphatic carbocycles. The van der Waals surface area contributed by atoms with E-state index in [-0.39, 0.29) is 0 Å². The van der Waals surface area contributed by atoms with Crippen LogP contribution in [-0.4, -0.2) is 23.6 Å². The minimum atomic E-state index is 0.373. The van der Waals surface area contributed by atoms with E-state index in [4.69, 9.17) is 11.6 Å². The molecule has 3 nitrogen and oxygen atoms in total. The Kier molecular flexibility index (Phi) is 6.32. The first kappa shape index (κ1) is 16.0. The lowest BCUT2D eigenvalue weighted by molar-refractivity contribution is 0.580. The number of pyridine rings is 1. The molecule has 0 fully saturated rings. The standard InChI is InChI=1S/C15H24ClN3/c1-6-9-19(12(4)5)15-8-7-13(16)14(18-15)10-17-11(2)3/h6-8,11-12,17H,1,9-10H2,2-5H3. The number of nitrogens with zero attached hydrogens (tertiary/aromatic N) is 2. The van der Waals surface area contributed by atoms with Crippen molar-refractivity contribution in [2.75, 3.05) is 11.4 Å². The number of rotatable bonds is 7. The van der Waals surface area contributed by atoms with Crippen LogP contribution in [0.25, 0.3) is 0 Å². The maximum Gasteiger partial charge on any atom is 0.129 e. The van der Waals surface area contributed by atoms with Gasteiger partial charge in [-0.3, -0.25) is 0 Å². The highest BCUT2D eigenvalue weighted by molar-refractivity contribution is 6.31. The summed E-state index contributed by atoms with van der Waals surface area (Å²) in [5.74, 6) is 0.944. The van der Waals surface area contributed by atoms with Crippen LogP contribution in [-0.2, 0) is 6.54 Å². The van der Waals surface area contributed by atoms with Crippen molar-refractivity contribution in [3.8, 4) is 0 Å². The number of anilines is 1. The molecular weight excluding hydrogens is 258 g/mol. The second-order valence-corrected chi connectivity index (χ2v) is 5.58. The Hall–Kier alpha value is -1.06. The maximum absolute atomic E-state index is 6.20. The van der Waals surface area contributed by atoms with E-state index in [1.165, 1.54) is 0 Å². The van der Waals surface area contributed by atoms with Gasteiger partial charge in [0, 0.05) is 25.2 Å². The summed E-state index contributed by atoms with van der Waals surface area (Å²) in [6.07, 6.45) is 1.89. The lowest BCUT2D eigenvalue weighted by atomic mass is 10.2. The second-order valence-electron chi connectivity index (χ2n) is 5.17. The van der Waals surface area contributed by atoms with Crippen LogP contribution < -0.4 is 10.2 Å². The first-order valence-corrected chi connectivity index (χ1v) is 7.09. The van der Waals surface area contributed by atoms with Gasteiger partial charge in [0.05, 0.1) is 10.7 Å². The predicted molar refractivity (Wildman–Crippen MR) is 83.9 cm³/mol. The third-order valence-corrected chi connectivity index (χ3v) is 3.17. The highest BCUT2D eigenvalue weighted by Gasteiger charge is 2.12. The maximum atomic E-state index is 6.20. The molecule has 0 aromatic carbocycles. The van der Waals surface area contributed by atoms with Crippen molar-refractivity contribution in [1.29, 1.82) is 0 Å². The minimum Gasteiger partial charge on any atom is -0.350 e. The van der Waals surface area contributed by atoms with Gasteiger partial charge in [-0.15, -0.1) is 6.58 Å². The van der Waals surface area contributed by atoms with Gasteiger partial charge in [-0.25, -0.2) is 4.98 Å². The second kappa shape index (κ2) is 7.51. The average molecular weight is 282 g/mol. The van der Waals surface area contributed by atoms with Gasteiger partial charge in [0.15, 0.2) is 0 Å². The Balaban J connectivity index is 2.95. The smallest absolute Gasteiger partial charge is 0.129 e. The normalized spacial score (nSPS) is 11.1. The van der Waals surface area contributed by atoms with Crippen LogP contribution in [0.15, 0.2) is 24.8 Å². The number of hydrogen-bond donors (Lipinski definition) is 1. The van der Waals surface area contributed by atoms with E-state index in [0.29, 0.717) is 23.7 Å². The highest BCUT2D eigenvalue weighted by atomic mass is 35.5. The van der Waals surface area contributed by atoms with E-state index in [1.54, 1.807) is 0 Å². The zero-order valence-corrected chi connectivity index (χ0v) is 13.0. The van der Waals surface area contributed by atoms with Gasteiger partial charge in [-0.1, -0.05) is 31.5 Å². The molecule has 0 aliphatic rings. The van der Waals surface area contributed by atoms with Gasteiger partial charge in [0.25, 0.3) is 0 Å². The van der Waals surface area contributed by atoms with E-state index in [0.717, 1.165) is 18.1 Å². The van der Waals surface area contributed by atoms with Gasteiger partial charge in [-0.2, -0.15) is 0 Å². The molecule has 1 N–H and O–H groups in total. The number of nitrogens with one attached hydrogen (secondary N) is 1. The third-order valence-electron chi connectivity index (χ3n) is 2.83. The molecule has 1 aromatic heterocycles. The van der Waals surface area contributed by atoms with Crippen molar-refractivity contribution in [3.63, 3.8) is 0 Å². The van der Waals surface area contributed by atoms with Gasteiger partial charge < -0.3 is 10.2 Å². The average Bonchev–Trinajstić information content (AvgIpc) is 2.34. The van der Waals surface area contributed by atoms with Crippen LogP contribution in [0.1, 0.15) is 33.4 Å². The summed E-state index contributed by atoms with van der Waals surface area (Å²) in [6, 6.07) is 4.67. The third kappa shape index (κ3) is 4.84. The van der Waals surface area contributed by atoms with Gasteiger partial charge >= 0.3 is 0 Å². The van der Waals surface area contributed by atoms with E-state index in [1.807, 2.05) is 18.2 Å². The fourth-order valence-corrected chi connectivity index (χ4v) is 1.94. The van der Waals surface area contributed by atoms with Gasteiger partial charge in [0.2, 0.25) is 0 Å². The zero-order valence-electron chi connectivity index (χ0n) is 12.3. The van der Waals surface area contributed by atoms with Crippen LogP contribution in [0.3, 0.4) is 0 Å². The summed E-state index contributed by atoms with van der Waals surface area (Å²) < 4.78 is 0. The van der Waals surface area contributed by atoms with Crippen LogP contribution >= 0.6 is 11.6 Å². The zero-order chi connectivity index (χ0) is 14.4. The van der Waals surface area contributed by atoms with Gasteiger partial charge in [-0.05, 0) is 26.0 Å². The van der Waals surface area contributed by atoms with Crippen molar-refractivity contribution in [1.82, 2.24) is 10.3 Å². The summed E-state index contributed by atoms with van der Waals surface area (Å²) in [5, 5.41) is 4.05. The van der Waals surface area contributed by atoms with Gasteiger partial charge in [0.1, 0.15) is 5.82 Å². The Morgan fingerprint density at radius 2 is 2.05 bits per heavy atom. The molecule has 0 radical (unpaired) electrons. The van der Waals surface area contributed by atoms with Crippen LogP contribution in [0, 0.1) is 0 Å². The van der Waals surface area contributed by atoms with Crippen molar-refractivity contribution in [3.05, 3.63) is 35.5 Å². The van der Waals surface area contributed by atoms with E-state index in [9.17, 15) is 0 Å². The molecule has 0 aliphatic heterocycles. The molecular formula is C15H24ClN3. The molecule has 0 unspecified atom stereocenters. The first-order valence-electron chi connectivity index (χ1n) is 6.72. The van der Waals surface area contributed by atoms with Crippen LogP contribution in [0.4, 0.5) is 5.82 Å². The SMILES string of the molecule is C=CCN(c1ccc(Cl)c(CNC(C)C)n1)C(C)C. The van der Waals surface area contributed by atoms with Crippen molar-refractivity contribution >= 4 is 17.4 Å². The molecule has 4 heteroatoms. The summed E-state index contributed by atoms with van der Waals surface area (Å²) >= 11 is 6.20. The monoisotopic (exact) mass is 281 g/mol. The lowest BCUT2D eigenvalue weighted by Gasteiger charge is -2.27. The van der Waals surface area contributed by atoms with E-state index >= 15 is 0 Å². The number of aromatic nitrogens is 1. The molecule has 1 rings (SSSR count). The Bertz CT molecular complexity index is 416. The minimum absolute atomic E-state index is 0.373. The Morgan fingerprint density at radius 3 is 2.58 bits per heavy atom. The molecule has 0 atom stereocenters. The van der Waals surface area contributed by atoms with Crippen molar-refractivity contribution in [2.45, 2.75) is 46.3 Å². The molecule has 0 saturated carbocycles. The van der Waals surface area contributed by atoms with Crippen molar-refractivity contribution in [2.24, 2.45) is 0 Å². The molecule has 0 spiro atoms. The number of hydrogen-bond acceptors (Lipinski definition) is 3. The Labute approximate surface area is 121 Å². The molecule has 0 bridgehead atoms. The topological polar surface area (TPSA) is 28.2 Å². The van der Waals surface area contributed by atoms with E-state index < -0.39 is 0 Å². The highest BCUT2D eigenvalue weighted by Crippen LogP contribution is 2.21. The summed E-state index contributed by atoms with van der Waals surface area (Å²) in [6.45, 7) is 13.8. The fourth-order valence-electron chi connectivity index (χ4n) is 1.77. The molecule has 0 saturated heterocycles. The summed E-state index contributed by atoms with van der Waals surface area (Å²) in [5.41, 5.74) is 0.891. The molecule has 19 heavy (non-hydrogen) atoms. The number of halogens is 1. The molecule has 1 aromatic rings. The summed E-state index contributed by atoms with van der Waals surface area (Å²) in [4.78, 5) is 6.86. The summed E-state index contributed by atoms with van der Waals surface area (Å²) in [7, 11) is 0. The predicted octanol–water partition coefficient (Wildman–Crippen LogP) is 3.63. The lowest BCUT2D eigenvalue weighted by Crippen LogP contribution is -2.32. The fraction of sp³-hybridized carbons (Fsp3) is 0.533. The first-order chi connectivity index (χ1) is 8.95. The largest absolute Gasteiger partial charge is 0.350 e. The molecule has 1 heterocycles. The van der Waals surface area contributed by atoms with E-state index in [2.05, 4.69) is 49.5 Å². The van der Waals surface area contributed by atoms with Crippen LogP contribution in [0.5, 0.6) is 0 Å².